The predicted molar refractivity (Wildman–Crippen MR) is 102 cm³/mol. The highest BCUT2D eigenvalue weighted by molar-refractivity contribution is 5.69. The van der Waals surface area contributed by atoms with E-state index >= 15 is 0 Å². The van der Waals surface area contributed by atoms with Gasteiger partial charge in [0, 0.05) is 5.56 Å². The molecule has 2 rings (SSSR count). The summed E-state index contributed by atoms with van der Waals surface area (Å²) in [6, 6.07) is 9.88. The standard InChI is InChI=1S/C22H30O2/c1-6-7-8-9-17-13-18(14-19(21(17)24)22(3,4)5)16-10-11-20(23)15(2)12-16/h10-14,23-24H,6-9H2,1-5H3. The van der Waals surface area contributed by atoms with Crippen LogP contribution in [0.1, 0.15) is 63.6 Å². The number of aryl methyl sites for hydroxylation is 2. The SMILES string of the molecule is CCCCCc1cc(-c2ccc(O)c(C)c2)cc(C(C)(C)C)c1O. The van der Waals surface area contributed by atoms with E-state index in [4.69, 9.17) is 0 Å². The van der Waals surface area contributed by atoms with Gasteiger partial charge in [0.1, 0.15) is 11.5 Å². The fourth-order valence-corrected chi connectivity index (χ4v) is 3.02. The van der Waals surface area contributed by atoms with Crippen LogP contribution in [0.25, 0.3) is 11.1 Å². The summed E-state index contributed by atoms with van der Waals surface area (Å²) >= 11 is 0. The van der Waals surface area contributed by atoms with Gasteiger partial charge in [-0.2, -0.15) is 0 Å². The second-order valence-corrected chi connectivity index (χ2v) is 7.74. The molecule has 24 heavy (non-hydrogen) atoms. The van der Waals surface area contributed by atoms with Crippen LogP contribution < -0.4 is 0 Å². The van der Waals surface area contributed by atoms with Crippen LogP contribution in [0.4, 0.5) is 0 Å². The van der Waals surface area contributed by atoms with Crippen molar-refractivity contribution in [3.8, 4) is 22.6 Å². The summed E-state index contributed by atoms with van der Waals surface area (Å²) in [5.74, 6) is 0.759. The first-order valence-corrected chi connectivity index (χ1v) is 8.90. The topological polar surface area (TPSA) is 40.5 Å². The van der Waals surface area contributed by atoms with E-state index in [1.807, 2.05) is 19.1 Å². The van der Waals surface area contributed by atoms with Gasteiger partial charge in [0.2, 0.25) is 0 Å². The lowest BCUT2D eigenvalue weighted by atomic mass is 9.82. The molecule has 0 heterocycles. The van der Waals surface area contributed by atoms with Crippen molar-refractivity contribution in [2.75, 3.05) is 0 Å². The lowest BCUT2D eigenvalue weighted by Crippen LogP contribution is -2.12. The second kappa shape index (κ2) is 7.29. The molecule has 0 aliphatic carbocycles. The number of hydrogen-bond acceptors (Lipinski definition) is 2. The van der Waals surface area contributed by atoms with Gasteiger partial charge >= 0.3 is 0 Å². The van der Waals surface area contributed by atoms with Crippen LogP contribution in [0.2, 0.25) is 0 Å². The minimum atomic E-state index is -0.119. The smallest absolute Gasteiger partial charge is 0.122 e. The van der Waals surface area contributed by atoms with E-state index in [-0.39, 0.29) is 5.41 Å². The normalized spacial score (nSPS) is 11.7. The molecule has 2 aromatic rings. The van der Waals surface area contributed by atoms with Gasteiger partial charge in [0.25, 0.3) is 0 Å². The summed E-state index contributed by atoms with van der Waals surface area (Å²) in [5.41, 5.74) is 4.94. The average Bonchev–Trinajstić information content (AvgIpc) is 2.50. The van der Waals surface area contributed by atoms with Crippen molar-refractivity contribution < 1.29 is 10.2 Å². The van der Waals surface area contributed by atoms with Crippen LogP contribution in [0.5, 0.6) is 11.5 Å². The van der Waals surface area contributed by atoms with Crippen LogP contribution in [-0.4, -0.2) is 10.2 Å². The minimum absolute atomic E-state index is 0.119. The minimum Gasteiger partial charge on any atom is -0.508 e. The van der Waals surface area contributed by atoms with Crippen molar-refractivity contribution in [1.29, 1.82) is 0 Å². The van der Waals surface area contributed by atoms with Crippen molar-refractivity contribution in [1.82, 2.24) is 0 Å². The average molecular weight is 326 g/mol. The van der Waals surface area contributed by atoms with Crippen LogP contribution in [0.3, 0.4) is 0 Å². The maximum absolute atomic E-state index is 10.8. The summed E-state index contributed by atoms with van der Waals surface area (Å²) in [6.07, 6.45) is 4.33. The molecule has 0 aliphatic heterocycles. The summed E-state index contributed by atoms with van der Waals surface area (Å²) in [7, 11) is 0. The molecule has 0 bridgehead atoms. The third-order valence-corrected chi connectivity index (χ3v) is 4.58. The Morgan fingerprint density at radius 2 is 1.62 bits per heavy atom. The van der Waals surface area contributed by atoms with Gasteiger partial charge in [0.15, 0.2) is 0 Å². The van der Waals surface area contributed by atoms with Gasteiger partial charge in [0.05, 0.1) is 0 Å². The van der Waals surface area contributed by atoms with Gasteiger partial charge in [-0.05, 0) is 71.7 Å². The van der Waals surface area contributed by atoms with E-state index in [0.29, 0.717) is 11.5 Å². The van der Waals surface area contributed by atoms with Crippen molar-refractivity contribution in [3.63, 3.8) is 0 Å². The van der Waals surface area contributed by atoms with Crippen LogP contribution in [0.15, 0.2) is 30.3 Å². The maximum Gasteiger partial charge on any atom is 0.122 e. The molecule has 0 fully saturated rings. The molecule has 2 nitrogen and oxygen atoms in total. The molecule has 0 radical (unpaired) electrons. The number of benzene rings is 2. The van der Waals surface area contributed by atoms with Crippen molar-refractivity contribution in [3.05, 3.63) is 47.0 Å². The molecule has 2 N–H and O–H groups in total. The van der Waals surface area contributed by atoms with Crippen LogP contribution in [-0.2, 0) is 11.8 Å². The summed E-state index contributed by atoms with van der Waals surface area (Å²) in [6.45, 7) is 10.5. The monoisotopic (exact) mass is 326 g/mol. The Balaban J connectivity index is 2.54. The Labute approximate surface area is 146 Å². The Hall–Kier alpha value is -1.96. The van der Waals surface area contributed by atoms with E-state index in [2.05, 4.69) is 39.8 Å². The molecular weight excluding hydrogens is 296 g/mol. The number of aromatic hydroxyl groups is 2. The predicted octanol–water partition coefficient (Wildman–Crippen LogP) is 6.10. The van der Waals surface area contributed by atoms with Gasteiger partial charge < -0.3 is 10.2 Å². The molecule has 0 saturated carbocycles. The number of hydrogen-bond donors (Lipinski definition) is 2. The van der Waals surface area contributed by atoms with E-state index in [1.54, 1.807) is 6.07 Å². The van der Waals surface area contributed by atoms with Gasteiger partial charge in [-0.25, -0.2) is 0 Å². The molecule has 0 amide bonds. The number of phenolic OH excluding ortho intramolecular Hbond substituents is 2. The Kier molecular flexibility index (Phi) is 5.58. The van der Waals surface area contributed by atoms with E-state index < -0.39 is 0 Å². The zero-order valence-corrected chi connectivity index (χ0v) is 15.6. The van der Waals surface area contributed by atoms with Gasteiger partial charge in [-0.3, -0.25) is 0 Å². The summed E-state index contributed by atoms with van der Waals surface area (Å²) in [4.78, 5) is 0. The van der Waals surface area contributed by atoms with Crippen molar-refractivity contribution >= 4 is 0 Å². The molecule has 0 atom stereocenters. The molecule has 0 aromatic heterocycles. The fourth-order valence-electron chi connectivity index (χ4n) is 3.02. The summed E-state index contributed by atoms with van der Waals surface area (Å²) in [5, 5.41) is 20.5. The third-order valence-electron chi connectivity index (χ3n) is 4.58. The highest BCUT2D eigenvalue weighted by Gasteiger charge is 2.21. The first-order chi connectivity index (χ1) is 11.2. The molecule has 130 valence electrons. The second-order valence-electron chi connectivity index (χ2n) is 7.74. The largest absolute Gasteiger partial charge is 0.508 e. The molecule has 0 spiro atoms. The molecule has 0 unspecified atom stereocenters. The Bertz CT molecular complexity index is 709. The van der Waals surface area contributed by atoms with E-state index in [1.165, 1.54) is 12.8 Å². The summed E-state index contributed by atoms with van der Waals surface area (Å²) < 4.78 is 0. The van der Waals surface area contributed by atoms with Gasteiger partial charge in [-0.15, -0.1) is 0 Å². The van der Waals surface area contributed by atoms with Crippen molar-refractivity contribution in [2.24, 2.45) is 0 Å². The zero-order valence-electron chi connectivity index (χ0n) is 15.6. The van der Waals surface area contributed by atoms with Crippen molar-refractivity contribution in [2.45, 2.75) is 65.7 Å². The molecular formula is C22H30O2. The molecule has 0 aliphatic rings. The zero-order chi connectivity index (χ0) is 17.9. The molecule has 0 saturated heterocycles. The first kappa shape index (κ1) is 18.4. The van der Waals surface area contributed by atoms with Crippen LogP contribution in [0, 0.1) is 6.92 Å². The lowest BCUT2D eigenvalue weighted by molar-refractivity contribution is 0.439. The number of rotatable bonds is 5. The first-order valence-electron chi connectivity index (χ1n) is 8.90. The fraction of sp³-hybridized carbons (Fsp3) is 0.455. The number of phenols is 2. The Morgan fingerprint density at radius 1 is 0.917 bits per heavy atom. The Morgan fingerprint density at radius 3 is 2.21 bits per heavy atom. The van der Waals surface area contributed by atoms with Crippen LogP contribution >= 0.6 is 0 Å². The molecule has 2 aromatic carbocycles. The quantitative estimate of drug-likeness (QED) is 0.651. The van der Waals surface area contributed by atoms with Gasteiger partial charge in [-0.1, -0.05) is 46.6 Å². The van der Waals surface area contributed by atoms with E-state index in [9.17, 15) is 10.2 Å². The highest BCUT2D eigenvalue weighted by Crippen LogP contribution is 2.38. The molecule has 2 heteroatoms. The highest BCUT2D eigenvalue weighted by atomic mass is 16.3. The van der Waals surface area contributed by atoms with E-state index in [0.717, 1.165) is 40.7 Å². The lowest BCUT2D eigenvalue weighted by Gasteiger charge is -2.24. The number of unbranched alkanes of at least 4 members (excludes halogenated alkanes) is 2. The maximum atomic E-state index is 10.8. The third kappa shape index (κ3) is 4.11.